The number of nitrogens with zero attached hydrogens (tertiary/aromatic N) is 2. The van der Waals surface area contributed by atoms with Crippen LogP contribution in [0.15, 0.2) is 18.2 Å². The van der Waals surface area contributed by atoms with Gasteiger partial charge in [-0.3, -0.25) is 0 Å². The molecule has 0 aliphatic carbocycles. The van der Waals surface area contributed by atoms with Crippen molar-refractivity contribution >= 4 is 5.82 Å². The summed E-state index contributed by atoms with van der Waals surface area (Å²) in [6.07, 6.45) is 3.41. The van der Waals surface area contributed by atoms with E-state index < -0.39 is 5.67 Å². The van der Waals surface area contributed by atoms with Gasteiger partial charge < -0.3 is 4.90 Å². The quantitative estimate of drug-likeness (QED) is 0.793. The molecule has 0 spiro atoms. The van der Waals surface area contributed by atoms with E-state index in [2.05, 4.69) is 9.88 Å². The van der Waals surface area contributed by atoms with Crippen molar-refractivity contribution < 1.29 is 4.39 Å². The highest BCUT2D eigenvalue weighted by atomic mass is 19.1. The highest BCUT2D eigenvalue weighted by Crippen LogP contribution is 2.33. The van der Waals surface area contributed by atoms with Crippen LogP contribution < -0.4 is 4.90 Å². The van der Waals surface area contributed by atoms with Gasteiger partial charge in [0.25, 0.3) is 0 Å². The van der Waals surface area contributed by atoms with E-state index in [1.807, 2.05) is 32.0 Å². The van der Waals surface area contributed by atoms with Crippen molar-refractivity contribution in [1.82, 2.24) is 4.98 Å². The summed E-state index contributed by atoms with van der Waals surface area (Å²) in [5, 5.41) is 0. The Bertz CT molecular complexity index is 368. The first kappa shape index (κ1) is 12.3. The van der Waals surface area contributed by atoms with Gasteiger partial charge in [0.1, 0.15) is 5.82 Å². The smallest absolute Gasteiger partial charge is 0.152 e. The van der Waals surface area contributed by atoms with Gasteiger partial charge in [0.15, 0.2) is 5.67 Å². The van der Waals surface area contributed by atoms with E-state index in [9.17, 15) is 4.39 Å². The fourth-order valence-corrected chi connectivity index (χ4v) is 2.41. The molecule has 1 aliphatic rings. The van der Waals surface area contributed by atoms with E-state index in [1.54, 1.807) is 0 Å². The van der Waals surface area contributed by atoms with Crippen molar-refractivity contribution in [2.24, 2.45) is 0 Å². The Morgan fingerprint density at radius 2 is 1.88 bits per heavy atom. The third-order valence-corrected chi connectivity index (χ3v) is 3.74. The van der Waals surface area contributed by atoms with Gasteiger partial charge >= 0.3 is 0 Å². The number of hydrogen-bond donors (Lipinski definition) is 0. The number of alkyl halides is 1. The van der Waals surface area contributed by atoms with Crippen molar-refractivity contribution in [3.8, 4) is 0 Å². The molecule has 0 atom stereocenters. The zero-order valence-electron chi connectivity index (χ0n) is 10.7. The van der Waals surface area contributed by atoms with Gasteiger partial charge in [-0.25, -0.2) is 9.37 Å². The summed E-state index contributed by atoms with van der Waals surface area (Å²) >= 11 is 0. The lowest BCUT2D eigenvalue weighted by Crippen LogP contribution is -2.23. The number of halogens is 1. The molecule has 1 aromatic rings. The second kappa shape index (κ2) is 5.03. The van der Waals surface area contributed by atoms with Gasteiger partial charge in [0.05, 0.1) is 5.69 Å². The topological polar surface area (TPSA) is 16.1 Å². The van der Waals surface area contributed by atoms with Crippen molar-refractivity contribution in [1.29, 1.82) is 0 Å². The molecule has 1 fully saturated rings. The van der Waals surface area contributed by atoms with Crippen molar-refractivity contribution in [2.45, 2.75) is 45.2 Å². The highest BCUT2D eigenvalue weighted by molar-refractivity contribution is 5.41. The number of aromatic nitrogens is 1. The minimum Gasteiger partial charge on any atom is -0.357 e. The molecule has 0 radical (unpaired) electrons. The first-order chi connectivity index (χ1) is 8.19. The average Bonchev–Trinajstić information content (AvgIpc) is 2.92. The monoisotopic (exact) mass is 236 g/mol. The van der Waals surface area contributed by atoms with Crippen LogP contribution in [-0.2, 0) is 5.67 Å². The van der Waals surface area contributed by atoms with Crippen LogP contribution in [0.3, 0.4) is 0 Å². The molecule has 2 rings (SSSR count). The standard InChI is InChI=1S/C14H21FN2/c1-3-14(15,4-2)12-8-7-9-13(16-12)17-10-5-6-11-17/h7-9H,3-6,10-11H2,1-2H3. The summed E-state index contributed by atoms with van der Waals surface area (Å²) in [6.45, 7) is 5.86. The SMILES string of the molecule is CCC(F)(CC)c1cccc(N2CCCC2)n1. The summed E-state index contributed by atoms with van der Waals surface area (Å²) in [5.74, 6) is 0.934. The second-order valence-corrected chi connectivity index (χ2v) is 4.75. The Labute approximate surface area is 103 Å². The fraction of sp³-hybridized carbons (Fsp3) is 0.643. The van der Waals surface area contributed by atoms with Crippen LogP contribution in [0.5, 0.6) is 0 Å². The number of anilines is 1. The van der Waals surface area contributed by atoms with Crippen LogP contribution in [-0.4, -0.2) is 18.1 Å². The lowest BCUT2D eigenvalue weighted by molar-refractivity contribution is 0.145. The number of rotatable bonds is 4. The van der Waals surface area contributed by atoms with Crippen LogP contribution in [0, 0.1) is 0 Å². The predicted octanol–water partition coefficient (Wildman–Crippen LogP) is 3.67. The molecular weight excluding hydrogens is 215 g/mol. The lowest BCUT2D eigenvalue weighted by atomic mass is 9.95. The lowest BCUT2D eigenvalue weighted by Gasteiger charge is -2.24. The summed E-state index contributed by atoms with van der Waals surface area (Å²) in [4.78, 5) is 6.76. The molecule has 17 heavy (non-hydrogen) atoms. The summed E-state index contributed by atoms with van der Waals surface area (Å²) in [7, 11) is 0. The van der Waals surface area contributed by atoms with E-state index in [0.29, 0.717) is 18.5 Å². The maximum absolute atomic E-state index is 14.6. The Morgan fingerprint density at radius 3 is 2.47 bits per heavy atom. The summed E-state index contributed by atoms with van der Waals surface area (Å²) in [5.41, 5.74) is -0.678. The predicted molar refractivity (Wildman–Crippen MR) is 69.1 cm³/mol. The molecule has 1 aromatic heterocycles. The number of hydrogen-bond acceptors (Lipinski definition) is 2. The Balaban J connectivity index is 2.27. The maximum Gasteiger partial charge on any atom is 0.152 e. The zero-order valence-corrected chi connectivity index (χ0v) is 10.7. The molecule has 0 amide bonds. The third-order valence-electron chi connectivity index (χ3n) is 3.74. The van der Waals surface area contributed by atoms with Crippen LogP contribution in [0.2, 0.25) is 0 Å². The van der Waals surface area contributed by atoms with Crippen LogP contribution >= 0.6 is 0 Å². The summed E-state index contributed by atoms with van der Waals surface area (Å²) < 4.78 is 14.6. The number of pyridine rings is 1. The molecule has 2 nitrogen and oxygen atoms in total. The molecule has 0 aromatic carbocycles. The molecule has 0 bridgehead atoms. The Morgan fingerprint density at radius 1 is 1.24 bits per heavy atom. The van der Waals surface area contributed by atoms with Gasteiger partial charge in [-0.1, -0.05) is 19.9 Å². The van der Waals surface area contributed by atoms with E-state index in [4.69, 9.17) is 0 Å². The van der Waals surface area contributed by atoms with Crippen molar-refractivity contribution in [2.75, 3.05) is 18.0 Å². The van der Waals surface area contributed by atoms with Gasteiger partial charge in [-0.2, -0.15) is 0 Å². The minimum absolute atomic E-state index is 0.486. The molecule has 94 valence electrons. The third kappa shape index (κ3) is 2.43. The average molecular weight is 236 g/mol. The first-order valence-electron chi connectivity index (χ1n) is 6.61. The van der Waals surface area contributed by atoms with Gasteiger partial charge in [-0.05, 0) is 37.8 Å². The van der Waals surface area contributed by atoms with Crippen molar-refractivity contribution in [3.63, 3.8) is 0 Å². The molecule has 1 aliphatic heterocycles. The van der Waals surface area contributed by atoms with Gasteiger partial charge in [0.2, 0.25) is 0 Å². The molecule has 2 heterocycles. The van der Waals surface area contributed by atoms with Gasteiger partial charge in [-0.15, -0.1) is 0 Å². The molecule has 0 saturated carbocycles. The highest BCUT2D eigenvalue weighted by Gasteiger charge is 2.29. The van der Waals surface area contributed by atoms with E-state index in [0.717, 1.165) is 18.9 Å². The Kier molecular flexibility index (Phi) is 3.65. The fourth-order valence-electron chi connectivity index (χ4n) is 2.41. The normalized spacial score (nSPS) is 16.5. The maximum atomic E-state index is 14.6. The first-order valence-corrected chi connectivity index (χ1v) is 6.61. The van der Waals surface area contributed by atoms with Crippen molar-refractivity contribution in [3.05, 3.63) is 23.9 Å². The zero-order chi connectivity index (χ0) is 12.3. The van der Waals surface area contributed by atoms with Crippen LogP contribution in [0.1, 0.15) is 45.2 Å². The van der Waals surface area contributed by atoms with Crippen LogP contribution in [0.4, 0.5) is 10.2 Å². The molecule has 0 N–H and O–H groups in total. The largest absolute Gasteiger partial charge is 0.357 e. The van der Waals surface area contributed by atoms with E-state index >= 15 is 0 Å². The molecular formula is C14H21FN2. The van der Waals surface area contributed by atoms with Gasteiger partial charge in [0, 0.05) is 13.1 Å². The second-order valence-electron chi connectivity index (χ2n) is 4.75. The Hall–Kier alpha value is -1.12. The minimum atomic E-state index is -1.27. The summed E-state index contributed by atoms with van der Waals surface area (Å²) in [6, 6.07) is 5.72. The molecule has 0 unspecified atom stereocenters. The van der Waals surface area contributed by atoms with Crippen LogP contribution in [0.25, 0.3) is 0 Å². The van der Waals surface area contributed by atoms with E-state index in [1.165, 1.54) is 12.8 Å². The van der Waals surface area contributed by atoms with E-state index in [-0.39, 0.29) is 0 Å². The molecule has 3 heteroatoms. The molecule has 1 saturated heterocycles.